The van der Waals surface area contributed by atoms with Gasteiger partial charge in [-0.1, -0.05) is 59.6 Å². The van der Waals surface area contributed by atoms with Crippen LogP contribution >= 0.6 is 23.2 Å². The van der Waals surface area contributed by atoms with Gasteiger partial charge in [-0.05, 0) is 6.07 Å². The number of hydrogen-bond acceptors (Lipinski definition) is 4. The molecule has 0 aliphatic rings. The van der Waals surface area contributed by atoms with E-state index < -0.39 is 0 Å². The molecule has 1 N–H and O–H groups in total. The highest BCUT2D eigenvalue weighted by Crippen LogP contribution is 2.24. The summed E-state index contributed by atoms with van der Waals surface area (Å²) in [6.07, 6.45) is 3.30. The van der Waals surface area contributed by atoms with E-state index in [0.29, 0.717) is 15.9 Å². The molecule has 3 rings (SSSR count). The first kappa shape index (κ1) is 13.8. The third-order valence-corrected chi connectivity index (χ3v) is 3.76. The Morgan fingerprint density at radius 3 is 2.81 bits per heavy atom. The zero-order valence-corrected chi connectivity index (χ0v) is 12.3. The summed E-state index contributed by atoms with van der Waals surface area (Å²) >= 11 is 12.0. The second-order valence-corrected chi connectivity index (χ2v) is 5.08. The Hall–Kier alpha value is -2.17. The monoisotopic (exact) mass is 316 g/mol. The summed E-state index contributed by atoms with van der Waals surface area (Å²) in [7, 11) is 0. The van der Waals surface area contributed by atoms with E-state index in [1.54, 1.807) is 18.5 Å². The molecule has 0 saturated carbocycles. The number of benzene rings is 2. The van der Waals surface area contributed by atoms with Gasteiger partial charge in [0.25, 0.3) is 0 Å². The third-order valence-electron chi connectivity index (χ3n) is 2.93. The van der Waals surface area contributed by atoms with Crippen molar-refractivity contribution in [3.63, 3.8) is 0 Å². The molecule has 0 unspecified atom stereocenters. The van der Waals surface area contributed by atoms with Gasteiger partial charge in [-0.2, -0.15) is 10.2 Å². The van der Waals surface area contributed by atoms with Crippen molar-refractivity contribution in [2.75, 3.05) is 5.43 Å². The van der Waals surface area contributed by atoms with Gasteiger partial charge in [0.15, 0.2) is 5.82 Å². The molecule has 0 amide bonds. The van der Waals surface area contributed by atoms with Crippen LogP contribution in [0, 0.1) is 0 Å². The fourth-order valence-electron chi connectivity index (χ4n) is 1.89. The molecule has 6 heteroatoms. The van der Waals surface area contributed by atoms with Gasteiger partial charge in [-0.25, -0.2) is 0 Å². The molecule has 21 heavy (non-hydrogen) atoms. The lowest BCUT2D eigenvalue weighted by Crippen LogP contribution is -1.96. The minimum atomic E-state index is 0.466. The second kappa shape index (κ2) is 6.08. The molecule has 3 aromatic rings. The molecule has 2 aromatic carbocycles. The number of fused-ring (bicyclic) bond motifs is 1. The first-order chi connectivity index (χ1) is 10.3. The Morgan fingerprint density at radius 1 is 1.05 bits per heavy atom. The summed E-state index contributed by atoms with van der Waals surface area (Å²) in [5.74, 6) is 0.586. The zero-order chi connectivity index (χ0) is 14.7. The van der Waals surface area contributed by atoms with E-state index in [0.717, 1.165) is 16.3 Å². The lowest BCUT2D eigenvalue weighted by molar-refractivity contribution is 1.04. The maximum absolute atomic E-state index is 6.09. The van der Waals surface area contributed by atoms with Crippen LogP contribution in [-0.4, -0.2) is 16.4 Å². The van der Waals surface area contributed by atoms with Gasteiger partial charge in [-0.15, -0.1) is 5.10 Å². The second-order valence-electron chi connectivity index (χ2n) is 4.29. The van der Waals surface area contributed by atoms with Crippen molar-refractivity contribution >= 4 is 46.0 Å². The van der Waals surface area contributed by atoms with Crippen molar-refractivity contribution in [3.05, 3.63) is 64.3 Å². The van der Waals surface area contributed by atoms with E-state index in [9.17, 15) is 0 Å². The predicted octanol–water partition coefficient (Wildman–Crippen LogP) is 4.38. The van der Waals surface area contributed by atoms with Crippen molar-refractivity contribution in [1.82, 2.24) is 10.2 Å². The molecular weight excluding hydrogens is 307 g/mol. The van der Waals surface area contributed by atoms with Crippen molar-refractivity contribution in [1.29, 1.82) is 0 Å². The van der Waals surface area contributed by atoms with Gasteiger partial charge in [0.1, 0.15) is 0 Å². The van der Waals surface area contributed by atoms with E-state index in [1.165, 1.54) is 0 Å². The van der Waals surface area contributed by atoms with Gasteiger partial charge in [0, 0.05) is 16.3 Å². The molecule has 1 aromatic heterocycles. The molecular formula is C15H10Cl2N4. The fraction of sp³-hybridized carbons (Fsp3) is 0. The minimum Gasteiger partial charge on any atom is -0.259 e. The van der Waals surface area contributed by atoms with E-state index in [2.05, 4.69) is 20.7 Å². The average molecular weight is 317 g/mol. The number of rotatable bonds is 3. The highest BCUT2D eigenvalue weighted by molar-refractivity contribution is 6.43. The quantitative estimate of drug-likeness (QED) is 0.576. The maximum Gasteiger partial charge on any atom is 0.176 e. The number of hydrogen-bond donors (Lipinski definition) is 1. The number of halogens is 2. The van der Waals surface area contributed by atoms with Crippen LogP contribution in [0.1, 0.15) is 5.56 Å². The topological polar surface area (TPSA) is 50.2 Å². The Kier molecular flexibility index (Phi) is 3.99. The van der Waals surface area contributed by atoms with Crippen LogP contribution in [0.15, 0.2) is 53.8 Å². The molecule has 0 radical (unpaired) electrons. The summed E-state index contributed by atoms with van der Waals surface area (Å²) in [6, 6.07) is 13.2. The number of anilines is 1. The average Bonchev–Trinajstić information content (AvgIpc) is 2.52. The molecule has 0 fully saturated rings. The Bertz CT molecular complexity index is 812. The fourth-order valence-corrected chi connectivity index (χ4v) is 2.25. The lowest BCUT2D eigenvalue weighted by Gasteiger charge is -2.03. The summed E-state index contributed by atoms with van der Waals surface area (Å²) in [5, 5.41) is 15.0. The minimum absolute atomic E-state index is 0.466. The summed E-state index contributed by atoms with van der Waals surface area (Å²) in [4.78, 5) is 0. The number of nitrogens with one attached hydrogen (secondary N) is 1. The normalized spacial score (nSPS) is 11.1. The standard InChI is InChI=1S/C15H10Cl2N4/c16-13-7-3-5-11(14(13)17)9-19-21-15-12-6-2-1-4-10(12)8-18-20-15/h1-9H,(H,20,21). The van der Waals surface area contributed by atoms with E-state index in [1.807, 2.05) is 36.4 Å². The number of aromatic nitrogens is 2. The highest BCUT2D eigenvalue weighted by Gasteiger charge is 2.03. The maximum atomic E-state index is 6.09. The number of hydrazone groups is 1. The molecule has 1 heterocycles. The SMILES string of the molecule is Clc1cccc(C=NNc2nncc3ccccc23)c1Cl. The van der Waals surface area contributed by atoms with E-state index in [-0.39, 0.29) is 0 Å². The molecule has 0 atom stereocenters. The molecule has 4 nitrogen and oxygen atoms in total. The highest BCUT2D eigenvalue weighted by atomic mass is 35.5. The molecule has 0 aliphatic carbocycles. The van der Waals surface area contributed by atoms with E-state index in [4.69, 9.17) is 23.2 Å². The Morgan fingerprint density at radius 2 is 1.90 bits per heavy atom. The lowest BCUT2D eigenvalue weighted by atomic mass is 10.2. The summed E-state index contributed by atoms with van der Waals surface area (Å²) in [5.41, 5.74) is 3.60. The third kappa shape index (κ3) is 2.96. The van der Waals surface area contributed by atoms with Gasteiger partial charge in [-0.3, -0.25) is 5.43 Å². The Balaban J connectivity index is 1.86. The predicted molar refractivity (Wildman–Crippen MR) is 87.2 cm³/mol. The molecule has 0 saturated heterocycles. The molecule has 0 aliphatic heterocycles. The van der Waals surface area contributed by atoms with Crippen molar-refractivity contribution < 1.29 is 0 Å². The molecule has 0 spiro atoms. The largest absolute Gasteiger partial charge is 0.259 e. The van der Waals surface area contributed by atoms with Crippen LogP contribution in [0.4, 0.5) is 5.82 Å². The van der Waals surface area contributed by atoms with Gasteiger partial charge < -0.3 is 0 Å². The summed E-state index contributed by atoms with van der Waals surface area (Å²) in [6.45, 7) is 0. The van der Waals surface area contributed by atoms with Crippen LogP contribution in [0.2, 0.25) is 10.0 Å². The van der Waals surface area contributed by atoms with Crippen LogP contribution in [-0.2, 0) is 0 Å². The van der Waals surface area contributed by atoms with Crippen molar-refractivity contribution in [2.45, 2.75) is 0 Å². The Labute approximate surface area is 131 Å². The van der Waals surface area contributed by atoms with Crippen LogP contribution in [0.5, 0.6) is 0 Å². The number of nitrogens with zero attached hydrogens (tertiary/aromatic N) is 3. The zero-order valence-electron chi connectivity index (χ0n) is 10.8. The van der Waals surface area contributed by atoms with Gasteiger partial charge in [0.05, 0.1) is 22.5 Å². The van der Waals surface area contributed by atoms with E-state index >= 15 is 0 Å². The van der Waals surface area contributed by atoms with Gasteiger partial charge >= 0.3 is 0 Å². The first-order valence-corrected chi connectivity index (χ1v) is 6.95. The van der Waals surface area contributed by atoms with Crippen LogP contribution < -0.4 is 5.43 Å². The molecule has 0 bridgehead atoms. The first-order valence-electron chi connectivity index (χ1n) is 6.19. The van der Waals surface area contributed by atoms with Crippen LogP contribution in [0.25, 0.3) is 10.8 Å². The smallest absolute Gasteiger partial charge is 0.176 e. The van der Waals surface area contributed by atoms with Crippen molar-refractivity contribution in [2.24, 2.45) is 5.10 Å². The van der Waals surface area contributed by atoms with Crippen molar-refractivity contribution in [3.8, 4) is 0 Å². The molecule has 104 valence electrons. The van der Waals surface area contributed by atoms with Crippen LogP contribution in [0.3, 0.4) is 0 Å². The summed E-state index contributed by atoms with van der Waals surface area (Å²) < 4.78 is 0. The van der Waals surface area contributed by atoms with Gasteiger partial charge in [0.2, 0.25) is 0 Å².